The van der Waals surface area contributed by atoms with Crippen LogP contribution < -0.4 is 9.47 Å². The fourth-order valence-corrected chi connectivity index (χ4v) is 3.31. The number of carboxylic acid groups (broad SMARTS) is 1. The number of thiazole rings is 1. The van der Waals surface area contributed by atoms with Crippen molar-refractivity contribution in [2.75, 3.05) is 19.9 Å². The Balaban J connectivity index is 1.81. The maximum Gasteiger partial charge on any atom is 0.323 e. The lowest BCUT2D eigenvalue weighted by Crippen LogP contribution is -2.38. The largest absolute Gasteiger partial charge is 0.480 e. The first-order chi connectivity index (χ1) is 11.9. The van der Waals surface area contributed by atoms with E-state index in [0.717, 1.165) is 5.56 Å². The Kier molecular flexibility index (Phi) is 4.89. The lowest BCUT2D eigenvalue weighted by molar-refractivity contribution is -0.137. The number of amides is 1. The van der Waals surface area contributed by atoms with E-state index in [9.17, 15) is 9.59 Å². The minimum absolute atomic E-state index is 0.162. The van der Waals surface area contributed by atoms with Crippen molar-refractivity contribution in [2.45, 2.75) is 13.8 Å². The smallest absolute Gasteiger partial charge is 0.323 e. The third kappa shape index (κ3) is 3.90. The van der Waals surface area contributed by atoms with Gasteiger partial charge in [0.05, 0.1) is 0 Å². The van der Waals surface area contributed by atoms with Crippen molar-refractivity contribution in [3.63, 3.8) is 0 Å². The summed E-state index contributed by atoms with van der Waals surface area (Å²) < 4.78 is 10.6. The second-order valence-electron chi connectivity index (χ2n) is 6.08. The van der Waals surface area contributed by atoms with E-state index in [4.69, 9.17) is 14.6 Å². The lowest BCUT2D eigenvalue weighted by Gasteiger charge is -2.21. The number of fused-ring (bicyclic) bond motifs is 1. The predicted molar refractivity (Wildman–Crippen MR) is 92.1 cm³/mol. The van der Waals surface area contributed by atoms with Gasteiger partial charge >= 0.3 is 5.97 Å². The summed E-state index contributed by atoms with van der Waals surface area (Å²) in [7, 11) is 0. The van der Waals surface area contributed by atoms with E-state index < -0.39 is 5.97 Å². The highest BCUT2D eigenvalue weighted by molar-refractivity contribution is 7.13. The summed E-state index contributed by atoms with van der Waals surface area (Å²) in [5.74, 6) is 0.0730. The zero-order valence-corrected chi connectivity index (χ0v) is 14.7. The summed E-state index contributed by atoms with van der Waals surface area (Å²) in [6.45, 7) is 4.08. The van der Waals surface area contributed by atoms with E-state index in [-0.39, 0.29) is 30.9 Å². The van der Waals surface area contributed by atoms with Gasteiger partial charge in [-0.25, -0.2) is 4.98 Å². The molecule has 0 atom stereocenters. The highest BCUT2D eigenvalue weighted by Crippen LogP contribution is 2.36. The van der Waals surface area contributed by atoms with E-state index >= 15 is 0 Å². The van der Waals surface area contributed by atoms with Crippen LogP contribution in [0.4, 0.5) is 0 Å². The Labute approximate surface area is 148 Å². The maximum atomic E-state index is 12.6. The van der Waals surface area contributed by atoms with Crippen molar-refractivity contribution in [3.8, 4) is 22.1 Å². The van der Waals surface area contributed by atoms with Crippen molar-refractivity contribution < 1.29 is 24.2 Å². The summed E-state index contributed by atoms with van der Waals surface area (Å²) in [6.07, 6.45) is 0. The second-order valence-corrected chi connectivity index (χ2v) is 6.94. The molecular formula is C17H18N2O5S. The lowest BCUT2D eigenvalue weighted by atomic mass is 10.2. The van der Waals surface area contributed by atoms with Crippen LogP contribution in [0.15, 0.2) is 23.6 Å². The monoisotopic (exact) mass is 362 g/mol. The number of carbonyl (C=O) groups excluding carboxylic acids is 1. The van der Waals surface area contributed by atoms with Crippen molar-refractivity contribution in [2.24, 2.45) is 5.92 Å². The average Bonchev–Trinajstić information content (AvgIpc) is 3.21. The molecule has 2 heterocycles. The summed E-state index contributed by atoms with van der Waals surface area (Å²) >= 11 is 1.33. The number of carbonyl (C=O) groups is 2. The van der Waals surface area contributed by atoms with Gasteiger partial charge in [0.25, 0.3) is 5.91 Å². The first-order valence-electron chi connectivity index (χ1n) is 7.80. The molecule has 0 saturated carbocycles. The number of hydrogen-bond donors (Lipinski definition) is 1. The molecule has 1 aliphatic heterocycles. The molecule has 0 fully saturated rings. The second kappa shape index (κ2) is 7.10. The van der Waals surface area contributed by atoms with Crippen molar-refractivity contribution in [1.82, 2.24) is 9.88 Å². The van der Waals surface area contributed by atoms with Gasteiger partial charge in [-0.15, -0.1) is 11.3 Å². The Bertz CT molecular complexity index is 802. The Morgan fingerprint density at radius 1 is 1.32 bits per heavy atom. The minimum Gasteiger partial charge on any atom is -0.480 e. The van der Waals surface area contributed by atoms with Crippen LogP contribution in [0.1, 0.15) is 24.3 Å². The Morgan fingerprint density at radius 3 is 2.80 bits per heavy atom. The number of aromatic nitrogens is 1. The van der Waals surface area contributed by atoms with E-state index in [1.54, 1.807) is 11.4 Å². The summed E-state index contributed by atoms with van der Waals surface area (Å²) in [5, 5.41) is 11.3. The molecule has 8 heteroatoms. The maximum absolute atomic E-state index is 12.6. The van der Waals surface area contributed by atoms with Crippen molar-refractivity contribution >= 4 is 23.2 Å². The molecule has 0 unspecified atom stereocenters. The number of rotatable bonds is 6. The highest BCUT2D eigenvalue weighted by Gasteiger charge is 2.23. The van der Waals surface area contributed by atoms with Gasteiger partial charge in [0.15, 0.2) is 11.5 Å². The number of hydrogen-bond acceptors (Lipinski definition) is 6. The standard InChI is InChI=1S/C17H18N2O5S/c1-10(2)6-19(7-15(20)21)17(22)12-8-25-16(18-12)11-3-4-13-14(5-11)24-9-23-13/h3-5,8,10H,6-7,9H2,1-2H3,(H,20,21). The topological polar surface area (TPSA) is 89.0 Å². The summed E-state index contributed by atoms with van der Waals surface area (Å²) in [4.78, 5) is 29.3. The number of benzene rings is 1. The molecular weight excluding hydrogens is 344 g/mol. The SMILES string of the molecule is CC(C)CN(CC(=O)O)C(=O)c1csc(-c2ccc3c(c2)OCO3)n1. The zero-order valence-electron chi connectivity index (χ0n) is 13.9. The first kappa shape index (κ1) is 17.2. The van der Waals surface area contributed by atoms with E-state index in [0.29, 0.717) is 23.1 Å². The molecule has 0 saturated heterocycles. The van der Waals surface area contributed by atoms with Crippen molar-refractivity contribution in [1.29, 1.82) is 0 Å². The molecule has 1 aliphatic rings. The molecule has 1 aromatic carbocycles. The number of aliphatic carboxylic acids is 1. The van der Waals surface area contributed by atoms with Gasteiger partial charge in [-0.2, -0.15) is 0 Å². The van der Waals surface area contributed by atoms with Crippen LogP contribution in [0.25, 0.3) is 10.6 Å². The molecule has 25 heavy (non-hydrogen) atoms. The fourth-order valence-electron chi connectivity index (χ4n) is 2.52. The molecule has 0 radical (unpaired) electrons. The molecule has 7 nitrogen and oxygen atoms in total. The molecule has 0 bridgehead atoms. The Morgan fingerprint density at radius 2 is 2.08 bits per heavy atom. The van der Waals surface area contributed by atoms with Gasteiger partial charge in [0.1, 0.15) is 17.2 Å². The van der Waals surface area contributed by atoms with Gasteiger partial charge in [0, 0.05) is 17.5 Å². The van der Waals surface area contributed by atoms with Crippen LogP contribution in [-0.2, 0) is 4.79 Å². The zero-order chi connectivity index (χ0) is 18.0. The van der Waals surface area contributed by atoms with E-state index in [2.05, 4.69) is 4.98 Å². The van der Waals surface area contributed by atoms with Crippen molar-refractivity contribution in [3.05, 3.63) is 29.3 Å². The van der Waals surface area contributed by atoms with Gasteiger partial charge in [-0.05, 0) is 24.1 Å². The molecule has 0 aliphatic carbocycles. The highest BCUT2D eigenvalue weighted by atomic mass is 32.1. The number of nitrogens with zero attached hydrogens (tertiary/aromatic N) is 2. The van der Waals surface area contributed by atoms with Crippen LogP contribution in [0.3, 0.4) is 0 Å². The molecule has 1 N–H and O–H groups in total. The van der Waals surface area contributed by atoms with Crippen LogP contribution in [0.2, 0.25) is 0 Å². The fraction of sp³-hybridized carbons (Fsp3) is 0.353. The molecule has 132 valence electrons. The Hall–Kier alpha value is -2.61. The quantitative estimate of drug-likeness (QED) is 0.850. The predicted octanol–water partition coefficient (Wildman–Crippen LogP) is 2.72. The normalized spacial score (nSPS) is 12.4. The molecule has 1 amide bonds. The first-order valence-corrected chi connectivity index (χ1v) is 8.68. The third-order valence-corrected chi connectivity index (χ3v) is 4.43. The minimum atomic E-state index is -1.04. The average molecular weight is 362 g/mol. The molecule has 3 rings (SSSR count). The number of ether oxygens (including phenoxy) is 2. The number of carboxylic acids is 1. The molecule has 0 spiro atoms. The summed E-state index contributed by atoms with van der Waals surface area (Å²) in [5.41, 5.74) is 1.07. The van der Waals surface area contributed by atoms with Crippen LogP contribution in [-0.4, -0.2) is 46.7 Å². The van der Waals surface area contributed by atoms with Crippen LogP contribution in [0, 0.1) is 5.92 Å². The van der Waals surface area contributed by atoms with Crippen LogP contribution >= 0.6 is 11.3 Å². The van der Waals surface area contributed by atoms with Gasteiger partial charge in [0.2, 0.25) is 6.79 Å². The van der Waals surface area contributed by atoms with Gasteiger partial charge in [-0.3, -0.25) is 9.59 Å². The van der Waals surface area contributed by atoms with E-state index in [1.165, 1.54) is 16.2 Å². The van der Waals surface area contributed by atoms with E-state index in [1.807, 2.05) is 26.0 Å². The van der Waals surface area contributed by atoms with Gasteiger partial charge in [-0.1, -0.05) is 13.8 Å². The molecule has 2 aromatic rings. The van der Waals surface area contributed by atoms with Gasteiger partial charge < -0.3 is 19.5 Å². The third-order valence-electron chi connectivity index (χ3n) is 3.54. The van der Waals surface area contributed by atoms with Crippen LogP contribution in [0.5, 0.6) is 11.5 Å². The molecule has 1 aromatic heterocycles. The summed E-state index contributed by atoms with van der Waals surface area (Å²) in [6, 6.07) is 5.47.